The molecule has 0 aliphatic carbocycles. The maximum Gasteiger partial charge on any atom is 0.295 e. The smallest absolute Gasteiger partial charge is 0.295 e. The lowest BCUT2D eigenvalue weighted by Gasteiger charge is -2.25. The van der Waals surface area contributed by atoms with E-state index in [1.165, 1.54) is 4.90 Å². The molecule has 2 aliphatic heterocycles. The first-order valence-electron chi connectivity index (χ1n) is 11.9. The molecule has 1 saturated heterocycles. The Morgan fingerprint density at radius 3 is 2.57 bits per heavy atom. The van der Waals surface area contributed by atoms with Gasteiger partial charge in [-0.15, -0.1) is 0 Å². The average molecular weight is 470 g/mol. The molecule has 2 heterocycles. The number of rotatable bonds is 6. The number of ketones is 1. The quantitative estimate of drug-likeness (QED) is 0.311. The van der Waals surface area contributed by atoms with Crippen molar-refractivity contribution < 1.29 is 24.2 Å². The van der Waals surface area contributed by atoms with Crippen LogP contribution in [0.15, 0.2) is 78.4 Å². The number of ether oxygens (including phenoxy) is 2. The van der Waals surface area contributed by atoms with E-state index >= 15 is 0 Å². The van der Waals surface area contributed by atoms with Gasteiger partial charge in [0.1, 0.15) is 17.3 Å². The molecule has 0 radical (unpaired) electrons. The Morgan fingerprint density at radius 1 is 1.06 bits per heavy atom. The van der Waals surface area contributed by atoms with Gasteiger partial charge in [-0.2, -0.15) is 0 Å². The second kappa shape index (κ2) is 9.66. The van der Waals surface area contributed by atoms with Crippen LogP contribution in [0.4, 0.5) is 0 Å². The number of carbonyl (C=O) groups is 2. The van der Waals surface area contributed by atoms with Gasteiger partial charge in [-0.1, -0.05) is 42.5 Å². The number of Topliss-reactive ketones (excluding diaryl/α,β-unsaturated/α-hetero) is 1. The molecule has 6 nitrogen and oxygen atoms in total. The van der Waals surface area contributed by atoms with Crippen molar-refractivity contribution >= 4 is 17.4 Å². The van der Waals surface area contributed by atoms with Crippen molar-refractivity contribution in [1.29, 1.82) is 0 Å². The van der Waals surface area contributed by atoms with Crippen LogP contribution in [0.1, 0.15) is 41.6 Å². The van der Waals surface area contributed by atoms with Crippen molar-refractivity contribution in [2.45, 2.75) is 32.4 Å². The first-order chi connectivity index (χ1) is 17.1. The molecule has 0 bridgehead atoms. The molecule has 1 fully saturated rings. The number of nitrogens with zero attached hydrogens (tertiary/aromatic N) is 1. The average Bonchev–Trinajstić information content (AvgIpc) is 3.14. The minimum Gasteiger partial charge on any atom is -0.507 e. The van der Waals surface area contributed by atoms with Crippen molar-refractivity contribution in [3.05, 3.63) is 101 Å². The molecule has 178 valence electrons. The van der Waals surface area contributed by atoms with Crippen LogP contribution >= 0.6 is 0 Å². The Balaban J connectivity index is 1.56. The van der Waals surface area contributed by atoms with Gasteiger partial charge < -0.3 is 19.5 Å². The number of benzene rings is 3. The number of aliphatic hydroxyl groups is 1. The fourth-order valence-corrected chi connectivity index (χ4v) is 4.74. The van der Waals surface area contributed by atoms with Gasteiger partial charge in [0.25, 0.3) is 11.7 Å². The third-order valence-electron chi connectivity index (χ3n) is 6.42. The van der Waals surface area contributed by atoms with Crippen molar-refractivity contribution in [2.24, 2.45) is 0 Å². The van der Waals surface area contributed by atoms with Crippen LogP contribution in [-0.2, 0) is 22.6 Å². The molecule has 3 aromatic rings. The lowest BCUT2D eigenvalue weighted by atomic mass is 9.94. The Bertz CT molecular complexity index is 1280. The van der Waals surface area contributed by atoms with Crippen LogP contribution in [0.5, 0.6) is 11.5 Å². The number of aryl methyl sites for hydroxylation is 1. The van der Waals surface area contributed by atoms with Gasteiger partial charge in [0.15, 0.2) is 0 Å². The molecular weight excluding hydrogens is 442 g/mol. The highest BCUT2D eigenvalue weighted by atomic mass is 16.5. The van der Waals surface area contributed by atoms with E-state index in [0.29, 0.717) is 18.8 Å². The summed E-state index contributed by atoms with van der Waals surface area (Å²) < 4.78 is 11.2. The maximum absolute atomic E-state index is 13.3. The molecule has 5 rings (SSSR count). The highest BCUT2D eigenvalue weighted by Gasteiger charge is 2.46. The first kappa shape index (κ1) is 22.7. The summed E-state index contributed by atoms with van der Waals surface area (Å²) in [6.45, 7) is 3.38. The van der Waals surface area contributed by atoms with E-state index in [4.69, 9.17) is 9.47 Å². The van der Waals surface area contributed by atoms with E-state index in [1.54, 1.807) is 6.07 Å². The zero-order valence-corrected chi connectivity index (χ0v) is 19.6. The molecule has 1 N–H and O–H groups in total. The van der Waals surface area contributed by atoms with Crippen molar-refractivity contribution in [2.75, 3.05) is 13.2 Å². The fraction of sp³-hybridized carbons (Fsp3) is 0.241. The standard InChI is InChI=1S/C29H27NO5/c1-2-34-23-13-10-19(11-14-23)18-30-26(20-7-4-3-5-8-20)25(28(32)29(30)33)27(31)22-12-15-24-21(17-22)9-6-16-35-24/h3-5,7-8,10-15,17,26,31H,2,6,9,16,18H2,1H3/b27-25-. The molecule has 3 aromatic carbocycles. The Hall–Kier alpha value is -4.06. The number of hydrogen-bond donors (Lipinski definition) is 1. The second-order valence-corrected chi connectivity index (χ2v) is 8.69. The summed E-state index contributed by atoms with van der Waals surface area (Å²) in [5.74, 6) is 0.0595. The molecule has 1 atom stereocenters. The van der Waals surface area contributed by atoms with Crippen molar-refractivity contribution in [3.63, 3.8) is 0 Å². The molecule has 2 aliphatic rings. The van der Waals surface area contributed by atoms with Gasteiger partial charge in [-0.25, -0.2) is 0 Å². The fourth-order valence-electron chi connectivity index (χ4n) is 4.74. The highest BCUT2D eigenvalue weighted by molar-refractivity contribution is 6.46. The molecular formula is C29H27NO5. The highest BCUT2D eigenvalue weighted by Crippen LogP contribution is 2.41. The van der Waals surface area contributed by atoms with E-state index in [0.717, 1.165) is 41.0 Å². The normalized spacial score (nSPS) is 18.8. The molecule has 0 spiro atoms. The van der Waals surface area contributed by atoms with Crippen LogP contribution in [0.2, 0.25) is 0 Å². The number of fused-ring (bicyclic) bond motifs is 1. The number of carbonyl (C=O) groups excluding carboxylic acids is 2. The summed E-state index contributed by atoms with van der Waals surface area (Å²) in [5.41, 5.74) is 3.22. The van der Waals surface area contributed by atoms with E-state index in [-0.39, 0.29) is 17.9 Å². The van der Waals surface area contributed by atoms with Crippen LogP contribution in [0, 0.1) is 0 Å². The number of likely N-dealkylation sites (tertiary alicyclic amines) is 1. The van der Waals surface area contributed by atoms with Gasteiger partial charge in [0, 0.05) is 12.1 Å². The third-order valence-corrected chi connectivity index (χ3v) is 6.42. The topological polar surface area (TPSA) is 76.1 Å². The summed E-state index contributed by atoms with van der Waals surface area (Å²) in [5, 5.41) is 11.3. The summed E-state index contributed by atoms with van der Waals surface area (Å²) in [4.78, 5) is 28.0. The van der Waals surface area contributed by atoms with E-state index < -0.39 is 17.7 Å². The van der Waals surface area contributed by atoms with Gasteiger partial charge in [-0.05, 0) is 66.8 Å². The lowest BCUT2D eigenvalue weighted by molar-refractivity contribution is -0.140. The minimum absolute atomic E-state index is 0.101. The monoisotopic (exact) mass is 469 g/mol. The molecule has 0 saturated carbocycles. The SMILES string of the molecule is CCOc1ccc(CN2C(=O)C(=O)/C(=C(\O)c3ccc4c(c3)CCCO4)C2c2ccccc2)cc1. The third kappa shape index (κ3) is 4.39. The van der Waals surface area contributed by atoms with Crippen molar-refractivity contribution in [1.82, 2.24) is 4.90 Å². The summed E-state index contributed by atoms with van der Waals surface area (Å²) in [7, 11) is 0. The lowest BCUT2D eigenvalue weighted by Crippen LogP contribution is -2.29. The van der Waals surface area contributed by atoms with E-state index in [1.807, 2.05) is 73.7 Å². The minimum atomic E-state index is -0.699. The summed E-state index contributed by atoms with van der Waals surface area (Å²) in [6.07, 6.45) is 1.73. The number of aliphatic hydroxyl groups excluding tert-OH is 1. The van der Waals surface area contributed by atoms with E-state index in [9.17, 15) is 14.7 Å². The first-order valence-corrected chi connectivity index (χ1v) is 11.9. The maximum atomic E-state index is 13.3. The molecule has 1 amide bonds. The summed E-state index contributed by atoms with van der Waals surface area (Å²) >= 11 is 0. The Morgan fingerprint density at radius 2 is 1.83 bits per heavy atom. The number of amides is 1. The van der Waals surface area contributed by atoms with Crippen LogP contribution in [0.3, 0.4) is 0 Å². The van der Waals surface area contributed by atoms with Gasteiger partial charge in [0.2, 0.25) is 0 Å². The largest absolute Gasteiger partial charge is 0.507 e. The molecule has 1 unspecified atom stereocenters. The number of hydrogen-bond acceptors (Lipinski definition) is 5. The van der Waals surface area contributed by atoms with Crippen LogP contribution in [0.25, 0.3) is 5.76 Å². The van der Waals surface area contributed by atoms with Crippen LogP contribution in [-0.4, -0.2) is 34.9 Å². The second-order valence-electron chi connectivity index (χ2n) is 8.69. The molecule has 6 heteroatoms. The Kier molecular flexibility index (Phi) is 6.27. The van der Waals surface area contributed by atoms with Crippen molar-refractivity contribution in [3.8, 4) is 11.5 Å². The van der Waals surface area contributed by atoms with Crippen LogP contribution < -0.4 is 9.47 Å². The predicted molar refractivity (Wildman–Crippen MR) is 132 cm³/mol. The van der Waals surface area contributed by atoms with E-state index in [2.05, 4.69) is 0 Å². The van der Waals surface area contributed by atoms with Gasteiger partial charge >= 0.3 is 0 Å². The molecule has 0 aromatic heterocycles. The zero-order valence-electron chi connectivity index (χ0n) is 19.6. The molecule has 35 heavy (non-hydrogen) atoms. The summed E-state index contributed by atoms with van der Waals surface area (Å²) in [6, 6.07) is 21.5. The van der Waals surface area contributed by atoms with Gasteiger partial charge in [0.05, 0.1) is 24.8 Å². The van der Waals surface area contributed by atoms with Gasteiger partial charge in [-0.3, -0.25) is 9.59 Å². The zero-order chi connectivity index (χ0) is 24.4. The predicted octanol–water partition coefficient (Wildman–Crippen LogP) is 5.03. The Labute approximate surface area is 204 Å².